The van der Waals surface area contributed by atoms with Crippen LogP contribution >= 0.6 is 0 Å². The van der Waals surface area contributed by atoms with E-state index in [1.807, 2.05) is 0 Å². The number of amides is 1. The minimum atomic E-state index is -0.493. The normalized spacial score (nSPS) is 10.2. The van der Waals surface area contributed by atoms with Crippen molar-refractivity contribution in [2.45, 2.75) is 13.5 Å². The van der Waals surface area contributed by atoms with E-state index in [4.69, 9.17) is 9.15 Å². The first kappa shape index (κ1) is 13.8. The molecule has 2 rings (SSSR count). The number of carbonyl (C=O) groups excluding carboxylic acids is 2. The summed E-state index contributed by atoms with van der Waals surface area (Å²) < 4.78 is 11.1. The molecule has 0 saturated carbocycles. The SMILES string of the molecule is CCOC(=O)CN(Cc1ccco1)C(=O)n1ccnn1. The maximum atomic E-state index is 12.2. The third-order valence-electron chi connectivity index (χ3n) is 2.44. The zero-order chi connectivity index (χ0) is 14.4. The molecule has 0 atom stereocenters. The molecule has 0 unspecified atom stereocenters. The standard InChI is InChI=1S/C12H14N4O4/c1-2-19-11(17)9-15(8-10-4-3-7-20-10)12(18)16-6-5-13-14-16/h3-7H,2,8-9H2,1H3. The predicted molar refractivity (Wildman–Crippen MR) is 66.6 cm³/mol. The molecule has 2 aromatic rings. The Bertz CT molecular complexity index is 550. The summed E-state index contributed by atoms with van der Waals surface area (Å²) in [5, 5.41) is 7.18. The Balaban J connectivity index is 2.10. The lowest BCUT2D eigenvalue weighted by atomic mass is 10.4. The Morgan fingerprint density at radius 1 is 1.50 bits per heavy atom. The topological polar surface area (TPSA) is 90.5 Å². The van der Waals surface area contributed by atoms with Crippen molar-refractivity contribution in [3.63, 3.8) is 0 Å². The van der Waals surface area contributed by atoms with Gasteiger partial charge in [-0.2, -0.15) is 4.68 Å². The second-order valence-electron chi connectivity index (χ2n) is 3.87. The fraction of sp³-hybridized carbons (Fsp3) is 0.333. The molecule has 0 aliphatic carbocycles. The monoisotopic (exact) mass is 278 g/mol. The molecular formula is C12H14N4O4. The van der Waals surface area contributed by atoms with Crippen molar-refractivity contribution in [2.24, 2.45) is 0 Å². The van der Waals surface area contributed by atoms with E-state index in [1.165, 1.54) is 23.6 Å². The number of esters is 1. The number of aromatic nitrogens is 3. The first-order chi connectivity index (χ1) is 9.70. The first-order valence-corrected chi connectivity index (χ1v) is 6.04. The Kier molecular flexibility index (Phi) is 4.48. The van der Waals surface area contributed by atoms with Gasteiger partial charge < -0.3 is 14.1 Å². The number of ether oxygens (including phenoxy) is 1. The summed E-state index contributed by atoms with van der Waals surface area (Å²) in [6.07, 6.45) is 4.29. The summed E-state index contributed by atoms with van der Waals surface area (Å²) in [6, 6.07) is 2.94. The first-order valence-electron chi connectivity index (χ1n) is 6.04. The third kappa shape index (κ3) is 3.44. The molecule has 1 amide bonds. The Labute approximate surface area is 114 Å². The Morgan fingerprint density at radius 2 is 2.35 bits per heavy atom. The fourth-order valence-corrected chi connectivity index (χ4v) is 1.60. The van der Waals surface area contributed by atoms with Gasteiger partial charge in [0.1, 0.15) is 12.3 Å². The smallest absolute Gasteiger partial charge is 0.347 e. The molecule has 0 aromatic carbocycles. The van der Waals surface area contributed by atoms with Gasteiger partial charge in [-0.15, -0.1) is 5.10 Å². The molecule has 0 saturated heterocycles. The lowest BCUT2D eigenvalue weighted by molar-refractivity contribution is -0.143. The molecule has 0 radical (unpaired) electrons. The summed E-state index contributed by atoms with van der Waals surface area (Å²) >= 11 is 0. The highest BCUT2D eigenvalue weighted by atomic mass is 16.5. The van der Waals surface area contributed by atoms with E-state index in [1.54, 1.807) is 19.1 Å². The molecule has 0 bridgehead atoms. The summed E-state index contributed by atoms with van der Waals surface area (Å²) in [4.78, 5) is 25.0. The van der Waals surface area contributed by atoms with Crippen molar-refractivity contribution in [1.82, 2.24) is 19.9 Å². The molecule has 0 aliphatic heterocycles. The van der Waals surface area contributed by atoms with E-state index in [-0.39, 0.29) is 19.7 Å². The molecule has 8 heteroatoms. The van der Waals surface area contributed by atoms with Gasteiger partial charge in [-0.25, -0.2) is 4.79 Å². The van der Waals surface area contributed by atoms with Gasteiger partial charge in [0.15, 0.2) is 0 Å². The number of hydrogen-bond acceptors (Lipinski definition) is 6. The number of hydrogen-bond donors (Lipinski definition) is 0. The van der Waals surface area contributed by atoms with E-state index in [9.17, 15) is 9.59 Å². The molecule has 0 fully saturated rings. The van der Waals surface area contributed by atoms with Crippen LogP contribution in [0, 0.1) is 0 Å². The highest BCUT2D eigenvalue weighted by molar-refractivity contribution is 5.81. The van der Waals surface area contributed by atoms with Crippen molar-refractivity contribution in [3.05, 3.63) is 36.5 Å². The molecular weight excluding hydrogens is 264 g/mol. The van der Waals surface area contributed by atoms with Crippen molar-refractivity contribution in [3.8, 4) is 0 Å². The van der Waals surface area contributed by atoms with Gasteiger partial charge in [-0.1, -0.05) is 5.21 Å². The number of nitrogens with zero attached hydrogens (tertiary/aromatic N) is 4. The average Bonchev–Trinajstić information content (AvgIpc) is 3.10. The van der Waals surface area contributed by atoms with Gasteiger partial charge >= 0.3 is 12.0 Å². The molecule has 0 N–H and O–H groups in total. The van der Waals surface area contributed by atoms with Crippen LogP contribution in [0.4, 0.5) is 4.79 Å². The molecule has 8 nitrogen and oxygen atoms in total. The van der Waals surface area contributed by atoms with Gasteiger partial charge in [0.25, 0.3) is 0 Å². The Hall–Kier alpha value is -2.64. The fourth-order valence-electron chi connectivity index (χ4n) is 1.60. The minimum absolute atomic E-state index is 0.143. The summed E-state index contributed by atoms with van der Waals surface area (Å²) in [6.45, 7) is 1.91. The zero-order valence-corrected chi connectivity index (χ0v) is 10.9. The van der Waals surface area contributed by atoms with Crippen LogP contribution in [0.25, 0.3) is 0 Å². The maximum absolute atomic E-state index is 12.2. The Morgan fingerprint density at radius 3 is 2.95 bits per heavy atom. The van der Waals surface area contributed by atoms with Crippen LogP contribution in [0.2, 0.25) is 0 Å². The molecule has 2 aromatic heterocycles. The van der Waals surface area contributed by atoms with E-state index in [0.29, 0.717) is 5.76 Å². The van der Waals surface area contributed by atoms with Crippen LogP contribution in [0.15, 0.2) is 35.2 Å². The van der Waals surface area contributed by atoms with Crippen LogP contribution in [0.3, 0.4) is 0 Å². The second-order valence-corrected chi connectivity index (χ2v) is 3.87. The lowest BCUT2D eigenvalue weighted by Gasteiger charge is -2.19. The van der Waals surface area contributed by atoms with E-state index < -0.39 is 12.0 Å². The van der Waals surface area contributed by atoms with Gasteiger partial charge in [0.2, 0.25) is 0 Å². The zero-order valence-electron chi connectivity index (χ0n) is 10.9. The van der Waals surface area contributed by atoms with E-state index in [0.717, 1.165) is 4.68 Å². The number of furan rings is 1. The van der Waals surface area contributed by atoms with Crippen LogP contribution in [0.5, 0.6) is 0 Å². The molecule has 2 heterocycles. The van der Waals surface area contributed by atoms with Crippen molar-refractivity contribution >= 4 is 12.0 Å². The van der Waals surface area contributed by atoms with Crippen LogP contribution < -0.4 is 0 Å². The largest absolute Gasteiger partial charge is 0.467 e. The van der Waals surface area contributed by atoms with Crippen LogP contribution in [-0.2, 0) is 16.1 Å². The van der Waals surface area contributed by atoms with Gasteiger partial charge in [-0.3, -0.25) is 4.79 Å². The van der Waals surface area contributed by atoms with Gasteiger partial charge in [0, 0.05) is 0 Å². The highest BCUT2D eigenvalue weighted by Crippen LogP contribution is 2.07. The molecule has 0 aliphatic rings. The average molecular weight is 278 g/mol. The predicted octanol–water partition coefficient (Wildman–Crippen LogP) is 0.904. The van der Waals surface area contributed by atoms with Crippen LogP contribution in [0.1, 0.15) is 12.7 Å². The highest BCUT2D eigenvalue weighted by Gasteiger charge is 2.21. The lowest BCUT2D eigenvalue weighted by Crippen LogP contribution is -2.39. The van der Waals surface area contributed by atoms with Gasteiger partial charge in [-0.05, 0) is 19.1 Å². The third-order valence-corrected chi connectivity index (χ3v) is 2.44. The summed E-state index contributed by atoms with van der Waals surface area (Å²) in [5.74, 6) is 0.0651. The summed E-state index contributed by atoms with van der Waals surface area (Å²) in [7, 11) is 0. The van der Waals surface area contributed by atoms with Crippen molar-refractivity contribution in [1.29, 1.82) is 0 Å². The quantitative estimate of drug-likeness (QED) is 0.755. The van der Waals surface area contributed by atoms with E-state index >= 15 is 0 Å². The summed E-state index contributed by atoms with van der Waals surface area (Å²) in [5.41, 5.74) is 0. The maximum Gasteiger partial charge on any atom is 0.347 e. The van der Waals surface area contributed by atoms with Gasteiger partial charge in [0.05, 0.1) is 31.8 Å². The molecule has 0 spiro atoms. The molecule has 106 valence electrons. The minimum Gasteiger partial charge on any atom is -0.467 e. The number of carbonyl (C=O) groups is 2. The van der Waals surface area contributed by atoms with Crippen molar-refractivity contribution in [2.75, 3.05) is 13.2 Å². The van der Waals surface area contributed by atoms with Crippen LogP contribution in [-0.4, -0.2) is 45.0 Å². The molecule has 20 heavy (non-hydrogen) atoms. The van der Waals surface area contributed by atoms with E-state index in [2.05, 4.69) is 10.3 Å². The number of rotatable bonds is 5. The van der Waals surface area contributed by atoms with Crippen molar-refractivity contribution < 1.29 is 18.7 Å². The second kappa shape index (κ2) is 6.50.